The molecule has 0 bridgehead atoms. The molecular formula is C13H14N2O3S2. The van der Waals surface area contributed by atoms with Gasteiger partial charge >= 0.3 is 5.97 Å². The number of hydrogen-bond acceptors (Lipinski definition) is 6. The smallest absolute Gasteiger partial charge is 0.311 e. The molecule has 2 aromatic heterocycles. The molecule has 0 unspecified atom stereocenters. The van der Waals surface area contributed by atoms with Gasteiger partial charge in [0.15, 0.2) is 5.13 Å². The largest absolute Gasteiger partial charge is 0.466 e. The number of aryl methyl sites for hydroxylation is 1. The molecular weight excluding hydrogens is 296 g/mol. The van der Waals surface area contributed by atoms with E-state index in [1.165, 1.54) is 22.7 Å². The van der Waals surface area contributed by atoms with Gasteiger partial charge in [0.2, 0.25) is 0 Å². The number of nitrogens with one attached hydrogen (secondary N) is 1. The van der Waals surface area contributed by atoms with E-state index in [0.29, 0.717) is 23.0 Å². The molecule has 2 rings (SSSR count). The quantitative estimate of drug-likeness (QED) is 0.862. The summed E-state index contributed by atoms with van der Waals surface area (Å²) in [5.74, 6) is -0.495. The van der Waals surface area contributed by atoms with Crippen molar-refractivity contribution in [2.24, 2.45) is 0 Å². The van der Waals surface area contributed by atoms with Crippen molar-refractivity contribution in [3.05, 3.63) is 33.0 Å². The van der Waals surface area contributed by atoms with Crippen LogP contribution in [0.25, 0.3) is 0 Å². The van der Waals surface area contributed by atoms with E-state index < -0.39 is 0 Å². The molecule has 2 heterocycles. The van der Waals surface area contributed by atoms with Crippen LogP contribution in [0.1, 0.15) is 28.5 Å². The van der Waals surface area contributed by atoms with Crippen molar-refractivity contribution in [1.29, 1.82) is 0 Å². The lowest BCUT2D eigenvalue weighted by Gasteiger charge is -2.00. The van der Waals surface area contributed by atoms with E-state index in [0.717, 1.165) is 5.56 Å². The Bertz CT molecular complexity index is 619. The first-order valence-corrected chi connectivity index (χ1v) is 7.86. The summed E-state index contributed by atoms with van der Waals surface area (Å²) in [7, 11) is 0. The van der Waals surface area contributed by atoms with Crippen LogP contribution in [0.4, 0.5) is 5.13 Å². The fourth-order valence-electron chi connectivity index (χ4n) is 1.56. The number of thiophene rings is 1. The van der Waals surface area contributed by atoms with Crippen LogP contribution in [-0.4, -0.2) is 23.5 Å². The Labute approximate surface area is 124 Å². The SMILES string of the molecule is CCOC(=O)Cc1csc(NC(=O)c2cscc2C)n1. The van der Waals surface area contributed by atoms with Crippen LogP contribution in [0.3, 0.4) is 0 Å². The van der Waals surface area contributed by atoms with Crippen LogP contribution < -0.4 is 5.32 Å². The molecule has 0 atom stereocenters. The lowest BCUT2D eigenvalue weighted by molar-refractivity contribution is -0.142. The summed E-state index contributed by atoms with van der Waals surface area (Å²) in [6, 6.07) is 0. The number of aromatic nitrogens is 1. The van der Waals surface area contributed by atoms with Crippen molar-refractivity contribution in [3.8, 4) is 0 Å². The summed E-state index contributed by atoms with van der Waals surface area (Å²) in [5, 5.41) is 8.69. The summed E-state index contributed by atoms with van der Waals surface area (Å²) in [6.07, 6.45) is 0.123. The second kappa shape index (κ2) is 6.62. The lowest BCUT2D eigenvalue weighted by atomic mass is 10.2. The molecule has 0 spiro atoms. The summed E-state index contributed by atoms with van der Waals surface area (Å²) in [4.78, 5) is 27.5. The van der Waals surface area contributed by atoms with E-state index in [1.807, 2.05) is 12.3 Å². The van der Waals surface area contributed by atoms with Gasteiger partial charge in [0.1, 0.15) is 0 Å². The zero-order valence-electron chi connectivity index (χ0n) is 11.1. The average molecular weight is 310 g/mol. The van der Waals surface area contributed by atoms with Crippen molar-refractivity contribution in [1.82, 2.24) is 4.98 Å². The summed E-state index contributed by atoms with van der Waals surface area (Å²) < 4.78 is 4.85. The molecule has 0 radical (unpaired) electrons. The van der Waals surface area contributed by atoms with Gasteiger partial charge in [-0.1, -0.05) is 0 Å². The van der Waals surface area contributed by atoms with Gasteiger partial charge in [-0.15, -0.1) is 11.3 Å². The maximum absolute atomic E-state index is 12.0. The van der Waals surface area contributed by atoms with E-state index in [-0.39, 0.29) is 18.3 Å². The van der Waals surface area contributed by atoms with Crippen molar-refractivity contribution in [2.75, 3.05) is 11.9 Å². The number of carbonyl (C=O) groups is 2. The van der Waals surface area contributed by atoms with Crippen LogP contribution in [0, 0.1) is 6.92 Å². The number of esters is 1. The third kappa shape index (κ3) is 3.64. The van der Waals surface area contributed by atoms with Crippen molar-refractivity contribution in [3.63, 3.8) is 0 Å². The molecule has 0 aliphatic heterocycles. The van der Waals surface area contributed by atoms with E-state index >= 15 is 0 Å². The topological polar surface area (TPSA) is 68.3 Å². The predicted molar refractivity (Wildman–Crippen MR) is 79.5 cm³/mol. The fourth-order valence-corrected chi connectivity index (χ4v) is 3.10. The number of hydrogen-bond donors (Lipinski definition) is 1. The minimum Gasteiger partial charge on any atom is -0.466 e. The Morgan fingerprint density at radius 1 is 1.35 bits per heavy atom. The normalized spacial score (nSPS) is 10.3. The maximum atomic E-state index is 12.0. The second-order valence-electron chi connectivity index (χ2n) is 4.05. The first kappa shape index (κ1) is 14.7. The first-order chi connectivity index (χ1) is 9.60. The van der Waals surface area contributed by atoms with E-state index in [9.17, 15) is 9.59 Å². The highest BCUT2D eigenvalue weighted by Gasteiger charge is 2.13. The molecule has 0 saturated heterocycles. The van der Waals surface area contributed by atoms with E-state index in [4.69, 9.17) is 4.74 Å². The van der Waals surface area contributed by atoms with Gasteiger partial charge in [-0.2, -0.15) is 11.3 Å². The minimum absolute atomic E-state index is 0.123. The fraction of sp³-hybridized carbons (Fsp3) is 0.308. The zero-order valence-corrected chi connectivity index (χ0v) is 12.8. The van der Waals surface area contributed by atoms with Gasteiger partial charge in [-0.05, 0) is 24.8 Å². The molecule has 2 aromatic rings. The van der Waals surface area contributed by atoms with Gasteiger partial charge < -0.3 is 4.74 Å². The molecule has 106 valence electrons. The Morgan fingerprint density at radius 3 is 2.80 bits per heavy atom. The van der Waals surface area contributed by atoms with Gasteiger partial charge in [0, 0.05) is 10.8 Å². The van der Waals surface area contributed by atoms with E-state index in [2.05, 4.69) is 10.3 Å². The van der Waals surface area contributed by atoms with Gasteiger partial charge in [0.25, 0.3) is 5.91 Å². The molecule has 1 N–H and O–H groups in total. The summed E-state index contributed by atoms with van der Waals surface area (Å²) >= 11 is 2.78. The van der Waals surface area contributed by atoms with Crippen LogP contribution in [-0.2, 0) is 16.0 Å². The molecule has 0 aliphatic carbocycles. The number of nitrogens with zero attached hydrogens (tertiary/aromatic N) is 1. The number of ether oxygens (including phenoxy) is 1. The lowest BCUT2D eigenvalue weighted by Crippen LogP contribution is -2.12. The molecule has 0 aliphatic rings. The highest BCUT2D eigenvalue weighted by Crippen LogP contribution is 2.19. The molecule has 7 heteroatoms. The summed E-state index contributed by atoms with van der Waals surface area (Å²) in [5.41, 5.74) is 2.19. The highest BCUT2D eigenvalue weighted by molar-refractivity contribution is 7.14. The highest BCUT2D eigenvalue weighted by atomic mass is 32.1. The number of carbonyl (C=O) groups excluding carboxylic acids is 2. The number of rotatable bonds is 5. The number of thiazole rings is 1. The van der Waals surface area contributed by atoms with Gasteiger partial charge in [-0.3, -0.25) is 14.9 Å². The van der Waals surface area contributed by atoms with Gasteiger partial charge in [-0.25, -0.2) is 4.98 Å². The van der Waals surface area contributed by atoms with Crippen molar-refractivity contribution in [2.45, 2.75) is 20.3 Å². The number of amides is 1. The third-order valence-corrected chi connectivity index (χ3v) is 4.17. The zero-order chi connectivity index (χ0) is 14.5. The van der Waals surface area contributed by atoms with Crippen molar-refractivity contribution < 1.29 is 14.3 Å². The maximum Gasteiger partial charge on any atom is 0.311 e. The molecule has 0 fully saturated rings. The Kier molecular flexibility index (Phi) is 4.86. The molecule has 1 amide bonds. The van der Waals surface area contributed by atoms with Crippen LogP contribution >= 0.6 is 22.7 Å². The second-order valence-corrected chi connectivity index (χ2v) is 5.65. The molecule has 0 aromatic carbocycles. The van der Waals surface area contributed by atoms with Crippen LogP contribution in [0.15, 0.2) is 16.1 Å². The Balaban J connectivity index is 1.98. The average Bonchev–Trinajstić information content (AvgIpc) is 2.99. The van der Waals surface area contributed by atoms with Crippen molar-refractivity contribution >= 4 is 39.7 Å². The third-order valence-electron chi connectivity index (χ3n) is 2.50. The van der Waals surface area contributed by atoms with Crippen LogP contribution in [0.5, 0.6) is 0 Å². The Morgan fingerprint density at radius 2 is 2.15 bits per heavy atom. The molecule has 20 heavy (non-hydrogen) atoms. The predicted octanol–water partition coefficient (Wildman–Crippen LogP) is 2.87. The van der Waals surface area contributed by atoms with Gasteiger partial charge in [0.05, 0.1) is 24.3 Å². The molecule has 0 saturated carbocycles. The summed E-state index contributed by atoms with van der Waals surface area (Å²) in [6.45, 7) is 4.00. The standard InChI is InChI=1S/C13H14N2O3S2/c1-3-18-11(16)4-9-6-20-13(14-9)15-12(17)10-7-19-5-8(10)2/h5-7H,3-4H2,1-2H3,(H,14,15,17). The minimum atomic E-state index is -0.315. The Hall–Kier alpha value is -1.73. The van der Waals surface area contributed by atoms with Crippen LogP contribution in [0.2, 0.25) is 0 Å². The monoisotopic (exact) mass is 310 g/mol. The first-order valence-electron chi connectivity index (χ1n) is 6.04. The van der Waals surface area contributed by atoms with E-state index in [1.54, 1.807) is 17.7 Å². The molecule has 5 nitrogen and oxygen atoms in total. The number of anilines is 1.